The Kier molecular flexibility index (Phi) is 3.88. The molecule has 3 rings (SSSR count). The van der Waals surface area contributed by atoms with Gasteiger partial charge in [0.15, 0.2) is 0 Å². The number of hydrogen-bond donors (Lipinski definition) is 2. The summed E-state index contributed by atoms with van der Waals surface area (Å²) in [6.45, 7) is 3.11. The van der Waals surface area contributed by atoms with Gasteiger partial charge in [-0.05, 0) is 31.5 Å². The zero-order chi connectivity index (χ0) is 12.2. The van der Waals surface area contributed by atoms with E-state index in [-0.39, 0.29) is 0 Å². The Hall–Kier alpha value is -0.970. The van der Waals surface area contributed by atoms with Crippen molar-refractivity contribution in [3.8, 4) is 0 Å². The standard InChI is InChI=1S/C14H19N3S/c1-2-7-13-12(6-1)17-14(18-13)10-15-9-11-5-3-4-8-16-11/h1-2,6-7,11,15-16H,3-5,8-10H2. The molecule has 0 aliphatic carbocycles. The quantitative estimate of drug-likeness (QED) is 0.888. The fourth-order valence-electron chi connectivity index (χ4n) is 2.45. The fourth-order valence-corrected chi connectivity index (χ4v) is 3.38. The van der Waals surface area contributed by atoms with Crippen molar-refractivity contribution in [2.75, 3.05) is 13.1 Å². The van der Waals surface area contributed by atoms with Gasteiger partial charge in [0.05, 0.1) is 10.2 Å². The van der Waals surface area contributed by atoms with Crippen LogP contribution in [0.4, 0.5) is 0 Å². The molecular formula is C14H19N3S. The van der Waals surface area contributed by atoms with Crippen LogP contribution in [0.2, 0.25) is 0 Å². The number of piperidine rings is 1. The average molecular weight is 261 g/mol. The number of aromatic nitrogens is 1. The van der Waals surface area contributed by atoms with E-state index in [0.29, 0.717) is 6.04 Å². The molecule has 96 valence electrons. The van der Waals surface area contributed by atoms with E-state index >= 15 is 0 Å². The molecule has 0 amide bonds. The van der Waals surface area contributed by atoms with Gasteiger partial charge in [-0.3, -0.25) is 0 Å². The summed E-state index contributed by atoms with van der Waals surface area (Å²) < 4.78 is 1.28. The second-order valence-corrected chi connectivity index (χ2v) is 5.97. The molecule has 2 aromatic rings. The summed E-state index contributed by atoms with van der Waals surface area (Å²) in [5.74, 6) is 0. The highest BCUT2D eigenvalue weighted by atomic mass is 32.1. The highest BCUT2D eigenvalue weighted by Crippen LogP contribution is 2.21. The van der Waals surface area contributed by atoms with E-state index in [0.717, 1.165) is 18.6 Å². The minimum atomic E-state index is 0.646. The first-order valence-electron chi connectivity index (χ1n) is 6.70. The van der Waals surface area contributed by atoms with Crippen LogP contribution in [0.3, 0.4) is 0 Å². The van der Waals surface area contributed by atoms with E-state index in [2.05, 4.69) is 33.8 Å². The molecule has 1 saturated heterocycles. The summed E-state index contributed by atoms with van der Waals surface area (Å²) >= 11 is 1.79. The molecule has 1 aliphatic rings. The lowest BCUT2D eigenvalue weighted by Gasteiger charge is -2.23. The maximum Gasteiger partial charge on any atom is 0.108 e. The van der Waals surface area contributed by atoms with Crippen molar-refractivity contribution in [3.05, 3.63) is 29.3 Å². The smallest absolute Gasteiger partial charge is 0.108 e. The molecule has 2 heterocycles. The Labute approximate surface area is 112 Å². The van der Waals surface area contributed by atoms with E-state index in [4.69, 9.17) is 0 Å². The predicted molar refractivity (Wildman–Crippen MR) is 77.0 cm³/mol. The molecule has 1 aromatic carbocycles. The molecule has 4 heteroatoms. The second kappa shape index (κ2) is 5.78. The number of hydrogen-bond acceptors (Lipinski definition) is 4. The molecule has 1 aliphatic heterocycles. The minimum absolute atomic E-state index is 0.646. The summed E-state index contributed by atoms with van der Waals surface area (Å²) in [6, 6.07) is 8.99. The number of benzene rings is 1. The average Bonchev–Trinajstić information content (AvgIpc) is 2.82. The highest BCUT2D eigenvalue weighted by Gasteiger charge is 2.11. The van der Waals surface area contributed by atoms with Gasteiger partial charge in [0.1, 0.15) is 5.01 Å². The van der Waals surface area contributed by atoms with Crippen LogP contribution in [-0.4, -0.2) is 24.1 Å². The van der Waals surface area contributed by atoms with Crippen LogP contribution < -0.4 is 10.6 Å². The number of nitrogens with zero attached hydrogens (tertiary/aromatic N) is 1. The summed E-state index contributed by atoms with van der Waals surface area (Å²) in [5, 5.41) is 8.26. The summed E-state index contributed by atoms with van der Waals surface area (Å²) in [6.07, 6.45) is 3.99. The zero-order valence-electron chi connectivity index (χ0n) is 10.5. The van der Waals surface area contributed by atoms with Gasteiger partial charge in [0.25, 0.3) is 0 Å². The normalized spacial score (nSPS) is 20.3. The third-order valence-corrected chi connectivity index (χ3v) is 4.45. The number of fused-ring (bicyclic) bond motifs is 1. The Morgan fingerprint density at radius 1 is 1.33 bits per heavy atom. The summed E-state index contributed by atoms with van der Waals surface area (Å²) in [4.78, 5) is 4.63. The van der Waals surface area contributed by atoms with E-state index in [1.54, 1.807) is 11.3 Å². The fraction of sp³-hybridized carbons (Fsp3) is 0.500. The molecule has 0 radical (unpaired) electrons. The maximum absolute atomic E-state index is 4.63. The van der Waals surface area contributed by atoms with Crippen LogP contribution in [-0.2, 0) is 6.54 Å². The van der Waals surface area contributed by atoms with Gasteiger partial charge >= 0.3 is 0 Å². The molecule has 3 nitrogen and oxygen atoms in total. The first-order valence-corrected chi connectivity index (χ1v) is 7.52. The van der Waals surface area contributed by atoms with Crippen molar-refractivity contribution in [3.63, 3.8) is 0 Å². The molecule has 1 atom stereocenters. The molecule has 1 fully saturated rings. The molecular weight excluding hydrogens is 242 g/mol. The minimum Gasteiger partial charge on any atom is -0.313 e. The lowest BCUT2D eigenvalue weighted by Crippen LogP contribution is -2.41. The first-order chi connectivity index (χ1) is 8.92. The van der Waals surface area contributed by atoms with Crippen molar-refractivity contribution in [2.24, 2.45) is 0 Å². The molecule has 0 spiro atoms. The molecule has 2 N–H and O–H groups in total. The Balaban J connectivity index is 1.53. The van der Waals surface area contributed by atoms with Crippen LogP contribution in [0, 0.1) is 0 Å². The van der Waals surface area contributed by atoms with Gasteiger partial charge in [-0.25, -0.2) is 4.98 Å². The van der Waals surface area contributed by atoms with Crippen molar-refractivity contribution < 1.29 is 0 Å². The Bertz CT molecular complexity index is 469. The van der Waals surface area contributed by atoms with Crippen molar-refractivity contribution >= 4 is 21.6 Å². The largest absolute Gasteiger partial charge is 0.313 e. The number of nitrogens with one attached hydrogen (secondary N) is 2. The monoisotopic (exact) mass is 261 g/mol. The summed E-state index contributed by atoms with van der Waals surface area (Å²) in [5.41, 5.74) is 1.12. The zero-order valence-corrected chi connectivity index (χ0v) is 11.3. The lowest BCUT2D eigenvalue weighted by molar-refractivity contribution is 0.383. The van der Waals surface area contributed by atoms with Crippen LogP contribution in [0.1, 0.15) is 24.3 Å². The van der Waals surface area contributed by atoms with E-state index in [1.165, 1.54) is 35.5 Å². The van der Waals surface area contributed by atoms with Gasteiger partial charge in [0, 0.05) is 19.1 Å². The van der Waals surface area contributed by atoms with Crippen molar-refractivity contribution in [1.82, 2.24) is 15.6 Å². The molecule has 0 saturated carbocycles. The third-order valence-electron chi connectivity index (χ3n) is 3.42. The number of rotatable bonds is 4. The van der Waals surface area contributed by atoms with E-state index < -0.39 is 0 Å². The van der Waals surface area contributed by atoms with E-state index in [1.807, 2.05) is 6.07 Å². The molecule has 1 aromatic heterocycles. The van der Waals surface area contributed by atoms with Crippen molar-refractivity contribution in [2.45, 2.75) is 31.8 Å². The highest BCUT2D eigenvalue weighted by molar-refractivity contribution is 7.18. The molecule has 18 heavy (non-hydrogen) atoms. The van der Waals surface area contributed by atoms with Crippen LogP contribution in [0.15, 0.2) is 24.3 Å². The van der Waals surface area contributed by atoms with Gasteiger partial charge in [-0.2, -0.15) is 0 Å². The lowest BCUT2D eigenvalue weighted by atomic mass is 10.1. The Morgan fingerprint density at radius 3 is 3.11 bits per heavy atom. The van der Waals surface area contributed by atoms with Crippen LogP contribution in [0.5, 0.6) is 0 Å². The number of thiazole rings is 1. The Morgan fingerprint density at radius 2 is 2.28 bits per heavy atom. The summed E-state index contributed by atoms with van der Waals surface area (Å²) in [7, 11) is 0. The van der Waals surface area contributed by atoms with Gasteiger partial charge in [-0.15, -0.1) is 11.3 Å². The predicted octanol–water partition coefficient (Wildman–Crippen LogP) is 2.53. The van der Waals surface area contributed by atoms with Crippen LogP contribution >= 0.6 is 11.3 Å². The number of para-hydroxylation sites is 1. The SMILES string of the molecule is c1ccc2sc(CNCC3CCCCN3)nc2c1. The van der Waals surface area contributed by atoms with Crippen LogP contribution in [0.25, 0.3) is 10.2 Å². The third kappa shape index (κ3) is 2.88. The van der Waals surface area contributed by atoms with Crippen molar-refractivity contribution in [1.29, 1.82) is 0 Å². The second-order valence-electron chi connectivity index (χ2n) is 4.85. The topological polar surface area (TPSA) is 37.0 Å². The van der Waals surface area contributed by atoms with Gasteiger partial charge in [-0.1, -0.05) is 18.6 Å². The van der Waals surface area contributed by atoms with Gasteiger partial charge < -0.3 is 10.6 Å². The van der Waals surface area contributed by atoms with E-state index in [9.17, 15) is 0 Å². The maximum atomic E-state index is 4.63. The molecule has 1 unspecified atom stereocenters. The van der Waals surface area contributed by atoms with Gasteiger partial charge in [0.2, 0.25) is 0 Å². The molecule has 0 bridgehead atoms. The first kappa shape index (κ1) is 12.1.